The Morgan fingerprint density at radius 1 is 1.04 bits per heavy atom. The van der Waals surface area contributed by atoms with Crippen LogP contribution in [-0.4, -0.2) is 51.2 Å². The van der Waals surface area contributed by atoms with E-state index < -0.39 is 0 Å². The summed E-state index contributed by atoms with van der Waals surface area (Å²) in [5.41, 5.74) is 2.87. The van der Waals surface area contributed by atoms with Crippen LogP contribution < -0.4 is 0 Å². The van der Waals surface area contributed by atoms with E-state index in [0.29, 0.717) is 12.5 Å². The summed E-state index contributed by atoms with van der Waals surface area (Å²) in [7, 11) is 0. The monoisotopic (exact) mass is 364 g/mol. The van der Waals surface area contributed by atoms with Crippen molar-refractivity contribution < 1.29 is 9.59 Å². The molecule has 2 amide bonds. The highest BCUT2D eigenvalue weighted by Gasteiger charge is 2.27. The van der Waals surface area contributed by atoms with Gasteiger partial charge in [-0.1, -0.05) is 18.2 Å². The molecule has 1 aromatic heterocycles. The van der Waals surface area contributed by atoms with E-state index in [1.54, 1.807) is 6.92 Å². The molecule has 0 atom stereocenters. The van der Waals surface area contributed by atoms with Gasteiger partial charge in [0.2, 0.25) is 5.91 Å². The van der Waals surface area contributed by atoms with E-state index in [-0.39, 0.29) is 11.8 Å². The molecule has 0 spiro atoms. The summed E-state index contributed by atoms with van der Waals surface area (Å²) in [6.45, 7) is 4.40. The summed E-state index contributed by atoms with van der Waals surface area (Å²) in [4.78, 5) is 37.3. The van der Waals surface area contributed by atoms with Crippen molar-refractivity contribution in [3.8, 4) is 0 Å². The summed E-state index contributed by atoms with van der Waals surface area (Å²) in [5, 5.41) is 0. The van der Waals surface area contributed by atoms with Crippen molar-refractivity contribution in [2.24, 2.45) is 0 Å². The zero-order valence-electron chi connectivity index (χ0n) is 15.6. The lowest BCUT2D eigenvalue weighted by atomic mass is 9.94. The standard InChI is InChI=1S/C21H24N4O2/c1-15(26)25-12-9-19-18(14-25)13-22-20(23-19)16-7-10-24(11-8-16)21(27)17-5-3-2-4-6-17/h2-6,13,16H,7-12,14H2,1H3. The van der Waals surface area contributed by atoms with Crippen molar-refractivity contribution >= 4 is 11.8 Å². The van der Waals surface area contributed by atoms with Crippen molar-refractivity contribution in [2.75, 3.05) is 19.6 Å². The summed E-state index contributed by atoms with van der Waals surface area (Å²) in [6, 6.07) is 9.45. The number of likely N-dealkylation sites (tertiary alicyclic amines) is 1. The first kappa shape index (κ1) is 17.6. The van der Waals surface area contributed by atoms with Gasteiger partial charge in [0.15, 0.2) is 0 Å². The van der Waals surface area contributed by atoms with Gasteiger partial charge in [0.05, 0.1) is 5.69 Å². The third-order valence-electron chi connectivity index (χ3n) is 5.57. The summed E-state index contributed by atoms with van der Waals surface area (Å²) in [5.74, 6) is 1.38. The Kier molecular flexibility index (Phi) is 4.88. The Labute approximate surface area is 159 Å². The maximum Gasteiger partial charge on any atom is 0.253 e. The molecule has 0 saturated carbocycles. The van der Waals surface area contributed by atoms with Crippen LogP contribution in [0.4, 0.5) is 0 Å². The van der Waals surface area contributed by atoms with Gasteiger partial charge in [-0.2, -0.15) is 0 Å². The topological polar surface area (TPSA) is 66.4 Å². The van der Waals surface area contributed by atoms with Crippen molar-refractivity contribution in [1.29, 1.82) is 0 Å². The van der Waals surface area contributed by atoms with Gasteiger partial charge in [-0.15, -0.1) is 0 Å². The van der Waals surface area contributed by atoms with E-state index in [2.05, 4.69) is 4.98 Å². The van der Waals surface area contributed by atoms with Gasteiger partial charge in [-0.3, -0.25) is 9.59 Å². The number of hydrogen-bond donors (Lipinski definition) is 0. The van der Waals surface area contributed by atoms with Crippen molar-refractivity contribution in [2.45, 2.75) is 38.6 Å². The van der Waals surface area contributed by atoms with Gasteiger partial charge in [0.1, 0.15) is 5.82 Å². The van der Waals surface area contributed by atoms with Crippen LogP contribution in [0, 0.1) is 0 Å². The molecule has 4 rings (SSSR count). The highest BCUT2D eigenvalue weighted by atomic mass is 16.2. The second-order valence-electron chi connectivity index (χ2n) is 7.32. The zero-order valence-corrected chi connectivity index (χ0v) is 15.6. The van der Waals surface area contributed by atoms with E-state index in [9.17, 15) is 9.59 Å². The van der Waals surface area contributed by atoms with Gasteiger partial charge in [0, 0.05) is 62.8 Å². The fourth-order valence-corrected chi connectivity index (χ4v) is 3.90. The lowest BCUT2D eigenvalue weighted by Gasteiger charge is -2.32. The largest absolute Gasteiger partial charge is 0.339 e. The second-order valence-corrected chi connectivity index (χ2v) is 7.32. The van der Waals surface area contributed by atoms with Gasteiger partial charge in [-0.05, 0) is 25.0 Å². The molecule has 6 nitrogen and oxygen atoms in total. The fourth-order valence-electron chi connectivity index (χ4n) is 3.90. The molecule has 0 bridgehead atoms. The van der Waals surface area contributed by atoms with E-state index in [1.807, 2.05) is 46.3 Å². The number of aromatic nitrogens is 2. The van der Waals surface area contributed by atoms with Crippen LogP contribution in [0.1, 0.15) is 53.1 Å². The molecule has 2 aliphatic rings. The Bertz CT molecular complexity index is 845. The van der Waals surface area contributed by atoms with E-state index in [1.165, 1.54) is 0 Å². The number of amides is 2. The van der Waals surface area contributed by atoms with Crippen LogP contribution in [0.2, 0.25) is 0 Å². The minimum Gasteiger partial charge on any atom is -0.339 e. The van der Waals surface area contributed by atoms with Crippen molar-refractivity contribution in [1.82, 2.24) is 19.8 Å². The Balaban J connectivity index is 1.40. The van der Waals surface area contributed by atoms with E-state index >= 15 is 0 Å². The number of hydrogen-bond acceptors (Lipinski definition) is 4. The maximum absolute atomic E-state index is 12.6. The molecule has 2 aliphatic heterocycles. The lowest BCUT2D eigenvalue weighted by Crippen LogP contribution is -2.38. The predicted octanol–water partition coefficient (Wildman–Crippen LogP) is 2.40. The van der Waals surface area contributed by atoms with Gasteiger partial charge >= 0.3 is 0 Å². The number of fused-ring (bicyclic) bond motifs is 1. The van der Waals surface area contributed by atoms with Crippen LogP contribution in [0.5, 0.6) is 0 Å². The SMILES string of the molecule is CC(=O)N1CCc2nc(C3CCN(C(=O)c4ccccc4)CC3)ncc2C1. The first-order chi connectivity index (χ1) is 13.1. The molecule has 2 aromatic rings. The zero-order chi connectivity index (χ0) is 18.8. The molecule has 0 radical (unpaired) electrons. The highest BCUT2D eigenvalue weighted by Crippen LogP contribution is 2.28. The average Bonchev–Trinajstić information content (AvgIpc) is 2.73. The molecule has 0 aliphatic carbocycles. The lowest BCUT2D eigenvalue weighted by molar-refractivity contribution is -0.129. The molecule has 1 fully saturated rings. The first-order valence-corrected chi connectivity index (χ1v) is 9.56. The summed E-state index contributed by atoms with van der Waals surface area (Å²) < 4.78 is 0. The van der Waals surface area contributed by atoms with Crippen molar-refractivity contribution in [3.63, 3.8) is 0 Å². The van der Waals surface area contributed by atoms with Gasteiger partial charge < -0.3 is 9.80 Å². The third-order valence-corrected chi connectivity index (χ3v) is 5.57. The first-order valence-electron chi connectivity index (χ1n) is 9.56. The quantitative estimate of drug-likeness (QED) is 0.821. The fraction of sp³-hybridized carbons (Fsp3) is 0.429. The molecule has 6 heteroatoms. The van der Waals surface area contributed by atoms with Crippen LogP contribution in [-0.2, 0) is 17.8 Å². The summed E-state index contributed by atoms with van der Waals surface area (Å²) in [6.07, 6.45) is 4.44. The Morgan fingerprint density at radius 3 is 2.48 bits per heavy atom. The van der Waals surface area contributed by atoms with Crippen LogP contribution in [0.15, 0.2) is 36.5 Å². The van der Waals surface area contributed by atoms with E-state index in [0.717, 1.165) is 61.5 Å². The van der Waals surface area contributed by atoms with Gasteiger partial charge in [-0.25, -0.2) is 9.97 Å². The molecule has 0 unspecified atom stereocenters. The minimum atomic E-state index is 0.0974. The third kappa shape index (κ3) is 3.70. The second kappa shape index (κ2) is 7.47. The molecule has 140 valence electrons. The molecule has 27 heavy (non-hydrogen) atoms. The minimum absolute atomic E-state index is 0.0974. The molecule has 0 N–H and O–H groups in total. The van der Waals surface area contributed by atoms with Crippen LogP contribution in [0.3, 0.4) is 0 Å². The molecular weight excluding hydrogens is 340 g/mol. The number of piperidine rings is 1. The number of benzene rings is 1. The molecular formula is C21H24N4O2. The average molecular weight is 364 g/mol. The smallest absolute Gasteiger partial charge is 0.253 e. The Hall–Kier alpha value is -2.76. The number of nitrogens with zero attached hydrogens (tertiary/aromatic N) is 4. The maximum atomic E-state index is 12.6. The molecule has 3 heterocycles. The van der Waals surface area contributed by atoms with Crippen LogP contribution in [0.25, 0.3) is 0 Å². The molecule has 1 aromatic carbocycles. The number of carbonyl (C=O) groups excluding carboxylic acids is 2. The van der Waals surface area contributed by atoms with Crippen LogP contribution >= 0.6 is 0 Å². The van der Waals surface area contributed by atoms with Crippen molar-refractivity contribution in [3.05, 3.63) is 59.2 Å². The predicted molar refractivity (Wildman–Crippen MR) is 101 cm³/mol. The number of carbonyl (C=O) groups is 2. The Morgan fingerprint density at radius 2 is 1.78 bits per heavy atom. The normalized spacial score (nSPS) is 17.5. The summed E-state index contributed by atoms with van der Waals surface area (Å²) >= 11 is 0. The van der Waals surface area contributed by atoms with E-state index in [4.69, 9.17) is 4.98 Å². The highest BCUT2D eigenvalue weighted by molar-refractivity contribution is 5.94. The number of rotatable bonds is 2. The molecule has 1 saturated heterocycles. The van der Waals surface area contributed by atoms with Gasteiger partial charge in [0.25, 0.3) is 5.91 Å².